The number of carbonyl (C=O) groups is 3. The molecule has 1 unspecified atom stereocenters. The van der Waals surface area contributed by atoms with Crippen molar-refractivity contribution in [1.29, 1.82) is 0 Å². The molecule has 0 aliphatic carbocycles. The number of hydrogen-bond donors (Lipinski definition) is 3. The zero-order chi connectivity index (χ0) is 17.2. The summed E-state index contributed by atoms with van der Waals surface area (Å²) < 4.78 is 5.02. The number of nitrogens with one attached hydrogen (secondary N) is 2. The molecule has 0 radical (unpaired) electrons. The van der Waals surface area contributed by atoms with E-state index in [-0.39, 0.29) is 17.4 Å². The van der Waals surface area contributed by atoms with Gasteiger partial charge in [-0.3, -0.25) is 9.59 Å². The fraction of sp³-hybridized carbons (Fsp3) is 0.400. The lowest BCUT2D eigenvalue weighted by atomic mass is 10.2. The van der Waals surface area contributed by atoms with Crippen LogP contribution in [0.25, 0.3) is 0 Å². The molecule has 7 nitrogen and oxygen atoms in total. The maximum Gasteiger partial charge on any atom is 0.326 e. The summed E-state index contributed by atoms with van der Waals surface area (Å²) in [5.41, 5.74) is 0.637. The van der Waals surface area contributed by atoms with Gasteiger partial charge in [0.2, 0.25) is 11.8 Å². The quantitative estimate of drug-likeness (QED) is 0.627. The molecule has 0 fully saturated rings. The molecule has 0 aromatic heterocycles. The first-order chi connectivity index (χ1) is 11.0. The number of thioether (sulfide) groups is 1. The normalized spacial score (nSPS) is 11.4. The minimum absolute atomic E-state index is 0.0276. The van der Waals surface area contributed by atoms with Crippen molar-refractivity contribution in [2.24, 2.45) is 0 Å². The summed E-state index contributed by atoms with van der Waals surface area (Å²) in [5.74, 6) is -0.885. The van der Waals surface area contributed by atoms with Crippen LogP contribution in [-0.4, -0.2) is 47.5 Å². The molecular weight excluding hydrogens is 320 g/mol. The van der Waals surface area contributed by atoms with Gasteiger partial charge in [-0.05, 0) is 30.7 Å². The molecule has 1 atom stereocenters. The topological polar surface area (TPSA) is 105 Å². The smallest absolute Gasteiger partial charge is 0.326 e. The SMILES string of the molecule is CCC(NC(=O)CSCC(=O)Nc1ccc(OC)cc1)C(=O)O. The van der Waals surface area contributed by atoms with Gasteiger partial charge in [0.05, 0.1) is 18.6 Å². The Morgan fingerprint density at radius 1 is 1.17 bits per heavy atom. The fourth-order valence-electron chi connectivity index (χ4n) is 1.68. The minimum Gasteiger partial charge on any atom is -0.497 e. The molecule has 1 aromatic rings. The molecule has 2 amide bonds. The van der Waals surface area contributed by atoms with E-state index >= 15 is 0 Å². The third-order valence-electron chi connectivity index (χ3n) is 2.88. The van der Waals surface area contributed by atoms with Crippen LogP contribution in [0.2, 0.25) is 0 Å². The standard InChI is InChI=1S/C15H20N2O5S/c1-3-12(15(20)21)17-14(19)9-23-8-13(18)16-10-4-6-11(22-2)7-5-10/h4-7,12H,3,8-9H2,1-2H3,(H,16,18)(H,17,19)(H,20,21). The predicted molar refractivity (Wildman–Crippen MR) is 88.8 cm³/mol. The first-order valence-electron chi connectivity index (χ1n) is 7.00. The van der Waals surface area contributed by atoms with Gasteiger partial charge < -0.3 is 20.5 Å². The number of ether oxygens (including phenoxy) is 1. The molecule has 3 N–H and O–H groups in total. The number of rotatable bonds is 9. The van der Waals surface area contributed by atoms with Gasteiger partial charge in [-0.1, -0.05) is 6.92 Å². The number of carboxylic acid groups (broad SMARTS) is 1. The molecule has 1 rings (SSSR count). The molecule has 0 bridgehead atoms. The Labute approximate surface area is 138 Å². The maximum absolute atomic E-state index is 11.7. The van der Waals surface area contributed by atoms with E-state index in [1.165, 1.54) is 0 Å². The van der Waals surface area contributed by atoms with Gasteiger partial charge >= 0.3 is 5.97 Å². The highest BCUT2D eigenvalue weighted by Gasteiger charge is 2.17. The molecule has 8 heteroatoms. The Bertz CT molecular complexity index is 547. The average Bonchev–Trinajstić information content (AvgIpc) is 2.53. The Kier molecular flexibility index (Phi) is 7.96. The van der Waals surface area contributed by atoms with Crippen molar-refractivity contribution in [2.45, 2.75) is 19.4 Å². The van der Waals surface area contributed by atoms with E-state index in [1.54, 1.807) is 38.3 Å². The van der Waals surface area contributed by atoms with Gasteiger partial charge in [-0.15, -0.1) is 11.8 Å². The van der Waals surface area contributed by atoms with Crippen LogP contribution in [0.3, 0.4) is 0 Å². The molecule has 0 saturated carbocycles. The number of carboxylic acids is 1. The summed E-state index contributed by atoms with van der Waals surface area (Å²) in [6.45, 7) is 1.68. The lowest BCUT2D eigenvalue weighted by Gasteiger charge is -2.11. The van der Waals surface area contributed by atoms with E-state index in [4.69, 9.17) is 9.84 Å². The molecule has 0 aliphatic heterocycles. The Hall–Kier alpha value is -2.22. The summed E-state index contributed by atoms with van der Waals surface area (Å²) >= 11 is 1.12. The highest BCUT2D eigenvalue weighted by Crippen LogP contribution is 2.15. The van der Waals surface area contributed by atoms with Crippen molar-refractivity contribution in [1.82, 2.24) is 5.32 Å². The van der Waals surface area contributed by atoms with Gasteiger partial charge in [-0.25, -0.2) is 4.79 Å². The van der Waals surface area contributed by atoms with Crippen LogP contribution in [-0.2, 0) is 14.4 Å². The summed E-state index contributed by atoms with van der Waals surface area (Å²) in [6, 6.07) is 6.00. The second kappa shape index (κ2) is 9.73. The first-order valence-corrected chi connectivity index (χ1v) is 8.15. The number of carbonyl (C=O) groups excluding carboxylic acids is 2. The van der Waals surface area contributed by atoms with Gasteiger partial charge in [0.25, 0.3) is 0 Å². The van der Waals surface area contributed by atoms with Crippen LogP contribution < -0.4 is 15.4 Å². The number of benzene rings is 1. The van der Waals surface area contributed by atoms with Crippen molar-refractivity contribution in [3.63, 3.8) is 0 Å². The number of amides is 2. The Morgan fingerprint density at radius 2 is 1.78 bits per heavy atom. The second-order valence-corrected chi connectivity index (χ2v) is 5.62. The fourth-order valence-corrected chi connectivity index (χ4v) is 2.31. The molecule has 0 aliphatic rings. The zero-order valence-corrected chi connectivity index (χ0v) is 13.8. The summed E-state index contributed by atoms with van der Waals surface area (Å²) in [4.78, 5) is 34.1. The molecule has 0 saturated heterocycles. The third kappa shape index (κ3) is 7.05. The molecule has 23 heavy (non-hydrogen) atoms. The van der Waals surface area contributed by atoms with Gasteiger partial charge in [0.15, 0.2) is 0 Å². The van der Waals surface area contributed by atoms with Crippen LogP contribution in [0.1, 0.15) is 13.3 Å². The van der Waals surface area contributed by atoms with Crippen molar-refractivity contribution >= 4 is 35.2 Å². The molecule has 1 aromatic carbocycles. The zero-order valence-electron chi connectivity index (χ0n) is 13.0. The van der Waals surface area contributed by atoms with E-state index in [1.807, 2.05) is 0 Å². The Balaban J connectivity index is 2.30. The number of aliphatic carboxylic acids is 1. The summed E-state index contributed by atoms with van der Waals surface area (Å²) in [5, 5.41) is 13.9. The second-order valence-electron chi connectivity index (χ2n) is 4.64. The molecule has 0 heterocycles. The molecular formula is C15H20N2O5S. The monoisotopic (exact) mass is 340 g/mol. The van der Waals surface area contributed by atoms with E-state index in [0.717, 1.165) is 11.8 Å². The van der Waals surface area contributed by atoms with Gasteiger partial charge in [0.1, 0.15) is 11.8 Å². The van der Waals surface area contributed by atoms with Crippen LogP contribution in [0.4, 0.5) is 5.69 Å². The highest BCUT2D eigenvalue weighted by molar-refractivity contribution is 8.00. The van der Waals surface area contributed by atoms with Crippen molar-refractivity contribution < 1.29 is 24.2 Å². The van der Waals surface area contributed by atoms with Crippen LogP contribution in [0, 0.1) is 0 Å². The summed E-state index contributed by atoms with van der Waals surface area (Å²) in [6.07, 6.45) is 0.309. The van der Waals surface area contributed by atoms with E-state index in [9.17, 15) is 14.4 Å². The Morgan fingerprint density at radius 3 is 2.30 bits per heavy atom. The van der Waals surface area contributed by atoms with Gasteiger partial charge in [-0.2, -0.15) is 0 Å². The van der Waals surface area contributed by atoms with Crippen molar-refractivity contribution in [2.75, 3.05) is 23.9 Å². The van der Waals surface area contributed by atoms with Crippen molar-refractivity contribution in [3.05, 3.63) is 24.3 Å². The van der Waals surface area contributed by atoms with Crippen LogP contribution in [0.15, 0.2) is 24.3 Å². The lowest BCUT2D eigenvalue weighted by molar-refractivity contribution is -0.141. The predicted octanol–water partition coefficient (Wildman–Crippen LogP) is 1.35. The number of hydrogen-bond acceptors (Lipinski definition) is 5. The van der Waals surface area contributed by atoms with Crippen molar-refractivity contribution in [3.8, 4) is 5.75 Å². The van der Waals surface area contributed by atoms with Crippen LogP contribution >= 0.6 is 11.8 Å². The average molecular weight is 340 g/mol. The highest BCUT2D eigenvalue weighted by atomic mass is 32.2. The number of anilines is 1. The lowest BCUT2D eigenvalue weighted by Crippen LogP contribution is -2.41. The van der Waals surface area contributed by atoms with Gasteiger partial charge in [0, 0.05) is 5.69 Å². The van der Waals surface area contributed by atoms with E-state index in [2.05, 4.69) is 10.6 Å². The third-order valence-corrected chi connectivity index (χ3v) is 3.81. The summed E-state index contributed by atoms with van der Waals surface area (Å²) in [7, 11) is 1.56. The first kappa shape index (κ1) is 18.8. The van der Waals surface area contributed by atoms with E-state index < -0.39 is 17.9 Å². The number of methoxy groups -OCH3 is 1. The largest absolute Gasteiger partial charge is 0.497 e. The van der Waals surface area contributed by atoms with Crippen LogP contribution in [0.5, 0.6) is 5.75 Å². The van der Waals surface area contributed by atoms with E-state index in [0.29, 0.717) is 17.9 Å². The maximum atomic E-state index is 11.7. The molecule has 126 valence electrons. The minimum atomic E-state index is -1.07. The molecule has 0 spiro atoms.